The van der Waals surface area contributed by atoms with E-state index in [4.69, 9.17) is 14.5 Å². The maximum absolute atomic E-state index is 13.5. The fourth-order valence-corrected chi connectivity index (χ4v) is 4.05. The number of ether oxygens (including phenoxy) is 2. The van der Waals surface area contributed by atoms with E-state index in [-0.39, 0.29) is 25.2 Å². The molecule has 0 bridgehead atoms. The van der Waals surface area contributed by atoms with Crippen LogP contribution in [-0.2, 0) is 17.8 Å². The van der Waals surface area contributed by atoms with Gasteiger partial charge in [0.15, 0.2) is 11.5 Å². The summed E-state index contributed by atoms with van der Waals surface area (Å²) in [5, 5.41) is 1.09. The molecule has 0 saturated heterocycles. The molecule has 1 unspecified atom stereocenters. The number of hydrogen-bond acceptors (Lipinski definition) is 4. The highest BCUT2D eigenvalue weighted by molar-refractivity contribution is 5.80. The van der Waals surface area contributed by atoms with Gasteiger partial charge in [0, 0.05) is 5.39 Å². The lowest BCUT2D eigenvalue weighted by Gasteiger charge is -2.30. The van der Waals surface area contributed by atoms with Crippen molar-refractivity contribution in [1.82, 2.24) is 9.88 Å². The molecule has 4 aromatic rings. The molecule has 1 atom stereocenters. The van der Waals surface area contributed by atoms with Gasteiger partial charge in [-0.3, -0.25) is 9.78 Å². The quantitative estimate of drug-likeness (QED) is 0.422. The molecule has 5 rings (SSSR count). The number of carbonyl (C=O) groups excluding carboxylic acids is 1. The molecule has 0 saturated carbocycles. The Morgan fingerprint density at radius 1 is 0.938 bits per heavy atom. The third kappa shape index (κ3) is 4.14. The highest BCUT2D eigenvalue weighted by Gasteiger charge is 2.23. The zero-order valence-corrected chi connectivity index (χ0v) is 17.9. The van der Waals surface area contributed by atoms with Gasteiger partial charge in [0.05, 0.1) is 30.2 Å². The highest BCUT2D eigenvalue weighted by atomic mass is 16.7. The molecule has 0 N–H and O–H groups in total. The fraction of sp³-hybridized carbons (Fsp3) is 0.185. The number of hydrogen-bond donors (Lipinski definition) is 0. The van der Waals surface area contributed by atoms with Crippen molar-refractivity contribution in [2.45, 2.75) is 25.9 Å². The molecule has 1 aromatic heterocycles. The largest absolute Gasteiger partial charge is 0.454 e. The minimum Gasteiger partial charge on any atom is -0.454 e. The molecule has 5 nitrogen and oxygen atoms in total. The van der Waals surface area contributed by atoms with Crippen molar-refractivity contribution in [2.75, 3.05) is 6.79 Å². The molecular formula is C27H24N2O3. The summed E-state index contributed by atoms with van der Waals surface area (Å²) < 4.78 is 10.9. The Kier molecular flexibility index (Phi) is 5.46. The average Bonchev–Trinajstić information content (AvgIpc) is 3.30. The van der Waals surface area contributed by atoms with Crippen LogP contribution in [0.3, 0.4) is 0 Å². The van der Waals surface area contributed by atoms with Crippen LogP contribution in [-0.4, -0.2) is 22.6 Å². The number of benzene rings is 3. The second kappa shape index (κ2) is 8.71. The van der Waals surface area contributed by atoms with Gasteiger partial charge in [-0.15, -0.1) is 0 Å². The van der Waals surface area contributed by atoms with Gasteiger partial charge in [-0.25, -0.2) is 0 Å². The van der Waals surface area contributed by atoms with Gasteiger partial charge in [-0.2, -0.15) is 0 Å². The number of para-hydroxylation sites is 1. The number of fused-ring (bicyclic) bond motifs is 2. The molecule has 0 radical (unpaired) electrons. The number of carbonyl (C=O) groups is 1. The lowest BCUT2D eigenvalue weighted by molar-refractivity contribution is -0.133. The Labute approximate surface area is 187 Å². The highest BCUT2D eigenvalue weighted by Crippen LogP contribution is 2.33. The summed E-state index contributed by atoms with van der Waals surface area (Å²) in [7, 11) is 0. The first-order valence-electron chi connectivity index (χ1n) is 10.7. The molecule has 0 spiro atoms. The lowest BCUT2D eigenvalue weighted by Crippen LogP contribution is -2.34. The maximum Gasteiger partial charge on any atom is 0.231 e. The molecule has 5 heteroatoms. The van der Waals surface area contributed by atoms with Gasteiger partial charge in [0.2, 0.25) is 12.7 Å². The number of nitrogens with zero attached hydrogens (tertiary/aromatic N) is 2. The van der Waals surface area contributed by atoms with Gasteiger partial charge in [0.1, 0.15) is 0 Å². The second-order valence-electron chi connectivity index (χ2n) is 7.97. The lowest BCUT2D eigenvalue weighted by atomic mass is 10.0. The van der Waals surface area contributed by atoms with Crippen molar-refractivity contribution in [3.8, 4) is 11.5 Å². The van der Waals surface area contributed by atoms with E-state index in [2.05, 4.69) is 25.1 Å². The monoisotopic (exact) mass is 424 g/mol. The minimum atomic E-state index is -0.0917. The Hall–Kier alpha value is -3.86. The van der Waals surface area contributed by atoms with Crippen LogP contribution >= 0.6 is 0 Å². The minimum absolute atomic E-state index is 0.0372. The van der Waals surface area contributed by atoms with Crippen molar-refractivity contribution < 1.29 is 14.3 Å². The summed E-state index contributed by atoms with van der Waals surface area (Å²) in [6, 6.07) is 27.8. The predicted octanol–water partition coefficient (Wildman–Crippen LogP) is 5.30. The average molecular weight is 425 g/mol. The smallest absolute Gasteiger partial charge is 0.231 e. The van der Waals surface area contributed by atoms with Crippen LogP contribution in [0.2, 0.25) is 0 Å². The SMILES string of the molecule is CC(c1ccccc1)N(Cc1ccc2ccccc2n1)C(=O)Cc1ccc2c(c1)OCO2. The normalized spacial score (nSPS) is 13.2. The molecule has 32 heavy (non-hydrogen) atoms. The zero-order valence-electron chi connectivity index (χ0n) is 17.9. The standard InChI is InChI=1S/C27H24N2O3/c1-19(21-7-3-2-4-8-21)29(17-23-13-12-22-9-5-6-10-24(22)28-23)27(30)16-20-11-14-25-26(15-20)32-18-31-25/h2-15,19H,16-18H2,1H3. The van der Waals surface area contributed by atoms with E-state index in [1.807, 2.05) is 71.6 Å². The number of pyridine rings is 1. The molecule has 3 aromatic carbocycles. The molecule has 1 amide bonds. The number of rotatable bonds is 6. The first-order chi connectivity index (χ1) is 15.7. The fourth-order valence-electron chi connectivity index (χ4n) is 4.05. The van der Waals surface area contributed by atoms with Gasteiger partial charge in [-0.1, -0.05) is 60.7 Å². The van der Waals surface area contributed by atoms with Crippen LogP contribution in [0.5, 0.6) is 11.5 Å². The molecule has 160 valence electrons. The van der Waals surface area contributed by atoms with E-state index in [9.17, 15) is 4.79 Å². The molecule has 0 aliphatic carbocycles. The second-order valence-corrected chi connectivity index (χ2v) is 7.97. The topological polar surface area (TPSA) is 51.7 Å². The first-order valence-corrected chi connectivity index (χ1v) is 10.7. The van der Waals surface area contributed by atoms with Gasteiger partial charge in [0.25, 0.3) is 0 Å². The van der Waals surface area contributed by atoms with E-state index in [1.165, 1.54) is 0 Å². The van der Waals surface area contributed by atoms with Gasteiger partial charge >= 0.3 is 0 Å². The van der Waals surface area contributed by atoms with Crippen LogP contribution in [0.25, 0.3) is 10.9 Å². The van der Waals surface area contributed by atoms with Crippen molar-refractivity contribution in [2.24, 2.45) is 0 Å². The van der Waals surface area contributed by atoms with Crippen LogP contribution < -0.4 is 9.47 Å². The van der Waals surface area contributed by atoms with Crippen LogP contribution in [0.15, 0.2) is 84.9 Å². The van der Waals surface area contributed by atoms with Crippen molar-refractivity contribution in [1.29, 1.82) is 0 Å². The zero-order chi connectivity index (χ0) is 21.9. The Bertz CT molecular complexity index is 1260. The summed E-state index contributed by atoms with van der Waals surface area (Å²) in [6.45, 7) is 2.72. The van der Waals surface area contributed by atoms with Gasteiger partial charge in [-0.05, 0) is 42.3 Å². The van der Waals surface area contributed by atoms with Crippen LogP contribution in [0.1, 0.15) is 29.8 Å². The Morgan fingerprint density at radius 2 is 1.72 bits per heavy atom. The van der Waals surface area contributed by atoms with E-state index in [1.54, 1.807) is 0 Å². The van der Waals surface area contributed by atoms with Gasteiger partial charge < -0.3 is 14.4 Å². The van der Waals surface area contributed by atoms with E-state index < -0.39 is 0 Å². The van der Waals surface area contributed by atoms with Crippen LogP contribution in [0, 0.1) is 0 Å². The molecule has 1 aliphatic rings. The summed E-state index contributed by atoms with van der Waals surface area (Å²) in [5.41, 5.74) is 3.79. The molecule has 2 heterocycles. The summed E-state index contributed by atoms with van der Waals surface area (Å²) >= 11 is 0. The Morgan fingerprint density at radius 3 is 2.59 bits per heavy atom. The van der Waals surface area contributed by atoms with Crippen molar-refractivity contribution in [3.63, 3.8) is 0 Å². The summed E-state index contributed by atoms with van der Waals surface area (Å²) in [6.07, 6.45) is 0.279. The third-order valence-corrected chi connectivity index (χ3v) is 5.85. The van der Waals surface area contributed by atoms with Crippen molar-refractivity contribution in [3.05, 3.63) is 102 Å². The van der Waals surface area contributed by atoms with E-state index in [0.29, 0.717) is 12.3 Å². The van der Waals surface area contributed by atoms with Crippen LogP contribution in [0.4, 0.5) is 0 Å². The van der Waals surface area contributed by atoms with E-state index in [0.717, 1.165) is 33.5 Å². The molecular weight excluding hydrogens is 400 g/mol. The third-order valence-electron chi connectivity index (χ3n) is 5.85. The molecule has 1 aliphatic heterocycles. The Balaban J connectivity index is 1.43. The first kappa shape index (κ1) is 20.1. The molecule has 0 fully saturated rings. The predicted molar refractivity (Wildman–Crippen MR) is 123 cm³/mol. The summed E-state index contributed by atoms with van der Waals surface area (Å²) in [4.78, 5) is 20.2. The number of aromatic nitrogens is 1. The van der Waals surface area contributed by atoms with Crippen molar-refractivity contribution >= 4 is 16.8 Å². The van der Waals surface area contributed by atoms with E-state index >= 15 is 0 Å². The maximum atomic E-state index is 13.5. The number of amides is 1. The summed E-state index contributed by atoms with van der Waals surface area (Å²) in [5.74, 6) is 1.44.